The summed E-state index contributed by atoms with van der Waals surface area (Å²) in [6, 6.07) is 7.14. The molecule has 0 aliphatic heterocycles. The smallest absolute Gasteiger partial charge is 0.150 e. The number of rotatable bonds is 4. The van der Waals surface area contributed by atoms with Gasteiger partial charge in [0.05, 0.1) is 18.1 Å². The fourth-order valence-corrected chi connectivity index (χ4v) is 2.88. The topological polar surface area (TPSA) is 62.3 Å². The van der Waals surface area contributed by atoms with Crippen molar-refractivity contribution in [3.63, 3.8) is 0 Å². The maximum atomic E-state index is 11.1. The van der Waals surface area contributed by atoms with Gasteiger partial charge in [-0.15, -0.1) is 0 Å². The molecule has 0 atom stereocenters. The van der Waals surface area contributed by atoms with Crippen molar-refractivity contribution in [1.82, 2.24) is 4.98 Å². The number of aromatic nitrogens is 1. The first-order chi connectivity index (χ1) is 11.0. The average molecular weight is 309 g/mol. The van der Waals surface area contributed by atoms with Crippen molar-refractivity contribution in [1.29, 1.82) is 0 Å². The number of hydrogen-bond donors (Lipinski definition) is 2. The second-order valence-electron chi connectivity index (χ2n) is 5.86. The van der Waals surface area contributed by atoms with Gasteiger partial charge in [0.2, 0.25) is 0 Å². The van der Waals surface area contributed by atoms with Gasteiger partial charge in [-0.05, 0) is 44.5 Å². The Labute approximate surface area is 134 Å². The molecule has 2 N–H and O–H groups in total. The normalized spacial score (nSPS) is 10.9. The molecule has 0 amide bonds. The minimum absolute atomic E-state index is 0.0768. The Balaban J connectivity index is 2.36. The van der Waals surface area contributed by atoms with Crippen molar-refractivity contribution in [2.24, 2.45) is 0 Å². The Morgan fingerprint density at radius 3 is 2.65 bits per heavy atom. The molecule has 0 bridgehead atoms. The van der Waals surface area contributed by atoms with Crippen molar-refractivity contribution in [3.05, 3.63) is 47.0 Å². The number of hydrogen-bond acceptors (Lipinski definition) is 3. The lowest BCUT2D eigenvalue weighted by Crippen LogP contribution is -1.92. The minimum atomic E-state index is 0.0768. The lowest BCUT2D eigenvalue weighted by Gasteiger charge is -2.08. The molecule has 0 aliphatic rings. The van der Waals surface area contributed by atoms with Gasteiger partial charge in [-0.2, -0.15) is 0 Å². The summed E-state index contributed by atoms with van der Waals surface area (Å²) < 4.78 is 5.49. The molecule has 0 saturated heterocycles. The first-order valence-corrected chi connectivity index (χ1v) is 7.48. The zero-order valence-electron chi connectivity index (χ0n) is 13.4. The van der Waals surface area contributed by atoms with E-state index in [1.165, 1.54) is 11.6 Å². The number of phenols is 1. The zero-order valence-corrected chi connectivity index (χ0v) is 13.4. The van der Waals surface area contributed by atoms with Gasteiger partial charge in [0.1, 0.15) is 17.8 Å². The highest BCUT2D eigenvalue weighted by molar-refractivity contribution is 6.11. The summed E-state index contributed by atoms with van der Waals surface area (Å²) in [5, 5.41) is 12.0. The number of benzene rings is 2. The molecule has 0 radical (unpaired) electrons. The largest absolute Gasteiger partial charge is 0.506 e. The fourth-order valence-electron chi connectivity index (χ4n) is 2.88. The number of nitrogens with one attached hydrogen (secondary N) is 1. The lowest BCUT2D eigenvalue weighted by atomic mass is 10.0. The summed E-state index contributed by atoms with van der Waals surface area (Å²) in [6.45, 7) is 4.11. The number of carbonyl (C=O) groups excluding carboxylic acids is 1. The summed E-state index contributed by atoms with van der Waals surface area (Å²) in [7, 11) is 1.65. The van der Waals surface area contributed by atoms with Crippen LogP contribution in [0, 0.1) is 0 Å². The van der Waals surface area contributed by atoms with E-state index in [-0.39, 0.29) is 5.75 Å². The van der Waals surface area contributed by atoms with Crippen molar-refractivity contribution < 1.29 is 14.6 Å². The molecule has 0 fully saturated rings. The third-order valence-electron chi connectivity index (χ3n) is 4.02. The molecule has 1 aromatic heterocycles. The molecule has 0 aliphatic carbocycles. The van der Waals surface area contributed by atoms with Crippen LogP contribution in [0.15, 0.2) is 35.9 Å². The van der Waals surface area contributed by atoms with E-state index >= 15 is 0 Å². The van der Waals surface area contributed by atoms with Gasteiger partial charge in [-0.25, -0.2) is 0 Å². The number of methoxy groups -OCH3 is 1. The van der Waals surface area contributed by atoms with Gasteiger partial charge >= 0.3 is 0 Å². The van der Waals surface area contributed by atoms with Crippen LogP contribution in [-0.2, 0) is 6.42 Å². The molecule has 0 spiro atoms. The van der Waals surface area contributed by atoms with Crippen molar-refractivity contribution in [2.75, 3.05) is 7.11 Å². The van der Waals surface area contributed by atoms with E-state index in [0.29, 0.717) is 11.1 Å². The van der Waals surface area contributed by atoms with Gasteiger partial charge < -0.3 is 14.8 Å². The van der Waals surface area contributed by atoms with Crippen molar-refractivity contribution in [2.45, 2.75) is 20.3 Å². The fraction of sp³-hybridized carbons (Fsp3) is 0.211. The summed E-state index contributed by atoms with van der Waals surface area (Å²) in [5.41, 5.74) is 4.28. The molecule has 4 heteroatoms. The Kier molecular flexibility index (Phi) is 3.82. The number of allylic oxidation sites excluding steroid dienone is 2. The predicted octanol–water partition coefficient (Wildman–Crippen LogP) is 4.36. The van der Waals surface area contributed by atoms with Crippen LogP contribution in [0.3, 0.4) is 0 Å². The molecule has 0 saturated carbocycles. The van der Waals surface area contributed by atoms with E-state index in [1.54, 1.807) is 13.2 Å². The van der Waals surface area contributed by atoms with E-state index in [0.717, 1.165) is 40.3 Å². The molecule has 0 unspecified atom stereocenters. The van der Waals surface area contributed by atoms with Crippen LogP contribution in [0.25, 0.3) is 21.8 Å². The molecule has 4 nitrogen and oxygen atoms in total. The molecule has 3 aromatic rings. The van der Waals surface area contributed by atoms with Gasteiger partial charge in [0.25, 0.3) is 0 Å². The Morgan fingerprint density at radius 2 is 2.00 bits per heavy atom. The quantitative estimate of drug-likeness (QED) is 0.556. The van der Waals surface area contributed by atoms with Crippen LogP contribution in [0.4, 0.5) is 0 Å². The summed E-state index contributed by atoms with van der Waals surface area (Å²) in [5.74, 6) is 0.879. The standard InChI is InChI=1S/C19H19NO3/c1-11(2)4-5-14-17(23-3)7-6-13-15-8-12(10-21)9-16(22)19(15)20-18(13)14/h4,6-10,20,22H,5H2,1-3H3. The van der Waals surface area contributed by atoms with Crippen LogP contribution >= 0.6 is 0 Å². The predicted molar refractivity (Wildman–Crippen MR) is 92.5 cm³/mol. The highest BCUT2D eigenvalue weighted by atomic mass is 16.5. The van der Waals surface area contributed by atoms with E-state index in [1.807, 2.05) is 12.1 Å². The van der Waals surface area contributed by atoms with Gasteiger partial charge in [-0.3, -0.25) is 4.79 Å². The third-order valence-corrected chi connectivity index (χ3v) is 4.02. The molecule has 23 heavy (non-hydrogen) atoms. The van der Waals surface area contributed by atoms with Crippen LogP contribution in [0.5, 0.6) is 11.5 Å². The van der Waals surface area contributed by atoms with Crippen LogP contribution in [0.1, 0.15) is 29.8 Å². The van der Waals surface area contributed by atoms with Gasteiger partial charge in [-0.1, -0.05) is 11.6 Å². The number of aromatic hydroxyl groups is 1. The molecule has 118 valence electrons. The number of phenolic OH excluding ortho intramolecular Hbond substituents is 1. The van der Waals surface area contributed by atoms with Gasteiger partial charge in [0.15, 0.2) is 0 Å². The minimum Gasteiger partial charge on any atom is -0.506 e. The second-order valence-corrected chi connectivity index (χ2v) is 5.86. The number of carbonyl (C=O) groups is 1. The summed E-state index contributed by atoms with van der Waals surface area (Å²) >= 11 is 0. The zero-order chi connectivity index (χ0) is 16.6. The maximum absolute atomic E-state index is 11.1. The Morgan fingerprint density at radius 1 is 1.22 bits per heavy atom. The summed E-state index contributed by atoms with van der Waals surface area (Å²) in [4.78, 5) is 14.3. The first kappa shape index (κ1) is 15.2. The molecule has 2 aromatic carbocycles. The number of H-pyrrole nitrogens is 1. The molecule has 3 rings (SSSR count). The maximum Gasteiger partial charge on any atom is 0.150 e. The number of ether oxygens (including phenoxy) is 1. The highest BCUT2D eigenvalue weighted by Crippen LogP contribution is 2.37. The average Bonchev–Trinajstić information content (AvgIpc) is 2.91. The Bertz CT molecular complexity index is 931. The highest BCUT2D eigenvalue weighted by Gasteiger charge is 2.15. The first-order valence-electron chi connectivity index (χ1n) is 7.48. The monoisotopic (exact) mass is 309 g/mol. The van der Waals surface area contributed by atoms with Crippen LogP contribution in [0.2, 0.25) is 0 Å². The second kappa shape index (κ2) is 5.80. The van der Waals surface area contributed by atoms with Crippen molar-refractivity contribution in [3.8, 4) is 11.5 Å². The van der Waals surface area contributed by atoms with Crippen LogP contribution < -0.4 is 4.74 Å². The van der Waals surface area contributed by atoms with Crippen molar-refractivity contribution >= 4 is 28.1 Å². The molecular weight excluding hydrogens is 290 g/mol. The SMILES string of the molecule is COc1ccc2c([nH]c3c(O)cc(C=O)cc32)c1CC=C(C)C. The van der Waals surface area contributed by atoms with E-state index in [4.69, 9.17) is 4.74 Å². The van der Waals surface area contributed by atoms with E-state index in [2.05, 4.69) is 24.9 Å². The van der Waals surface area contributed by atoms with Gasteiger partial charge in [0, 0.05) is 21.9 Å². The molecular formula is C19H19NO3. The van der Waals surface area contributed by atoms with E-state index in [9.17, 15) is 9.90 Å². The number of fused-ring (bicyclic) bond motifs is 3. The molecule has 1 heterocycles. The summed E-state index contributed by atoms with van der Waals surface area (Å²) in [6.07, 6.45) is 3.61. The van der Waals surface area contributed by atoms with Crippen LogP contribution in [-0.4, -0.2) is 23.5 Å². The Hall–Kier alpha value is -2.75. The third kappa shape index (κ3) is 2.57. The van der Waals surface area contributed by atoms with E-state index < -0.39 is 0 Å². The number of aldehydes is 1. The lowest BCUT2D eigenvalue weighted by molar-refractivity contribution is 0.112. The number of aromatic amines is 1.